The molecule has 0 rings (SSSR count). The van der Waals surface area contributed by atoms with Crippen molar-refractivity contribution < 1.29 is 15.0 Å². The summed E-state index contributed by atoms with van der Waals surface area (Å²) in [5, 5.41) is 19.1. The van der Waals surface area contributed by atoms with E-state index in [1.165, 1.54) is 6.92 Å². The fourth-order valence-corrected chi connectivity index (χ4v) is 0.667. The van der Waals surface area contributed by atoms with Crippen LogP contribution in [0.1, 0.15) is 34.6 Å². The summed E-state index contributed by atoms with van der Waals surface area (Å²) in [7, 11) is 0. The number of hydrogen-bond donors (Lipinski definition) is 3. The van der Waals surface area contributed by atoms with E-state index >= 15 is 0 Å². The van der Waals surface area contributed by atoms with Gasteiger partial charge >= 0.3 is 5.97 Å². The van der Waals surface area contributed by atoms with Gasteiger partial charge in [-0.1, -0.05) is 27.7 Å². The van der Waals surface area contributed by atoms with Gasteiger partial charge in [-0.15, -0.1) is 0 Å². The van der Waals surface area contributed by atoms with Crippen molar-refractivity contribution >= 4 is 5.97 Å². The lowest BCUT2D eigenvalue weighted by molar-refractivity contribution is -0.145. The molecule has 1 atom stereocenters. The Bertz CT molecular complexity index is 127. The van der Waals surface area contributed by atoms with Crippen molar-refractivity contribution in [2.75, 3.05) is 0 Å². The first-order valence-electron chi connectivity index (χ1n) is 4.44. The summed E-state index contributed by atoms with van der Waals surface area (Å²) in [6, 6.07) is 1.25. The zero-order valence-corrected chi connectivity index (χ0v) is 9.03. The lowest BCUT2D eigenvalue weighted by atomic mass is 10.3. The summed E-state index contributed by atoms with van der Waals surface area (Å²) in [6.07, 6.45) is -1.23. The van der Waals surface area contributed by atoms with Crippen LogP contribution in [-0.2, 0) is 4.79 Å². The number of carbonyl (C=O) groups is 1. The van der Waals surface area contributed by atoms with Gasteiger partial charge in [0.1, 0.15) is 6.10 Å². The number of carboxylic acids is 1. The summed E-state index contributed by atoms with van der Waals surface area (Å²) in [5.41, 5.74) is 0. The largest absolute Gasteiger partial charge is 0.479 e. The van der Waals surface area contributed by atoms with Crippen LogP contribution in [0.4, 0.5) is 0 Å². The highest BCUT2D eigenvalue weighted by molar-refractivity contribution is 5.71. The molecule has 4 heteroatoms. The highest BCUT2D eigenvalue weighted by Gasteiger charge is 2.01. The van der Waals surface area contributed by atoms with Gasteiger partial charge in [0, 0.05) is 12.1 Å². The van der Waals surface area contributed by atoms with Crippen molar-refractivity contribution in [2.45, 2.75) is 52.8 Å². The monoisotopic (exact) mass is 191 g/mol. The van der Waals surface area contributed by atoms with E-state index in [2.05, 4.69) is 33.0 Å². The van der Waals surface area contributed by atoms with Crippen molar-refractivity contribution in [3.05, 3.63) is 0 Å². The van der Waals surface area contributed by atoms with E-state index in [-0.39, 0.29) is 0 Å². The standard InChI is InChI=1S/C6H15N.C3H6O3/c1-5(2)7-6(3)4;1-2(4)3(5)6/h5-7H,1-4H3;2,4H,1H3,(H,5,6). The molecule has 0 heterocycles. The van der Waals surface area contributed by atoms with E-state index in [9.17, 15) is 4.79 Å². The first kappa shape index (κ1) is 14.9. The third-order valence-electron chi connectivity index (χ3n) is 1.02. The molecule has 80 valence electrons. The number of aliphatic carboxylic acids is 1. The molecule has 0 fully saturated rings. The average molecular weight is 191 g/mol. The second kappa shape index (κ2) is 8.01. The molecule has 0 saturated heterocycles. The molecule has 0 aliphatic rings. The molecular formula is C9H21NO3. The second-order valence-corrected chi connectivity index (χ2v) is 3.49. The van der Waals surface area contributed by atoms with Crippen molar-refractivity contribution in [1.82, 2.24) is 5.32 Å². The predicted molar refractivity (Wildman–Crippen MR) is 52.7 cm³/mol. The van der Waals surface area contributed by atoms with Gasteiger partial charge in [0.15, 0.2) is 0 Å². The average Bonchev–Trinajstić information content (AvgIpc) is 1.84. The number of nitrogens with one attached hydrogen (secondary N) is 1. The van der Waals surface area contributed by atoms with Crippen LogP contribution in [0.3, 0.4) is 0 Å². The molecule has 0 saturated carbocycles. The van der Waals surface area contributed by atoms with Crippen molar-refractivity contribution in [2.24, 2.45) is 0 Å². The van der Waals surface area contributed by atoms with E-state index < -0.39 is 12.1 Å². The van der Waals surface area contributed by atoms with E-state index in [0.29, 0.717) is 12.1 Å². The SMILES string of the molecule is CC(C)NC(C)C.CC(O)C(=O)O. The fourth-order valence-electron chi connectivity index (χ4n) is 0.667. The van der Waals surface area contributed by atoms with Crippen LogP contribution in [0.15, 0.2) is 0 Å². The molecule has 1 unspecified atom stereocenters. The maximum atomic E-state index is 9.45. The van der Waals surface area contributed by atoms with Crippen LogP contribution >= 0.6 is 0 Å². The van der Waals surface area contributed by atoms with Crippen LogP contribution in [-0.4, -0.2) is 34.4 Å². The number of rotatable bonds is 3. The van der Waals surface area contributed by atoms with Gasteiger partial charge in [-0.05, 0) is 6.92 Å². The van der Waals surface area contributed by atoms with Crippen molar-refractivity contribution in [3.63, 3.8) is 0 Å². The summed E-state index contributed by atoms with van der Waals surface area (Å²) >= 11 is 0. The molecule has 0 radical (unpaired) electrons. The highest BCUT2D eigenvalue weighted by Crippen LogP contribution is 1.80. The Balaban J connectivity index is 0. The van der Waals surface area contributed by atoms with Gasteiger partial charge < -0.3 is 15.5 Å². The highest BCUT2D eigenvalue weighted by atomic mass is 16.4. The molecule has 0 spiro atoms. The molecule has 0 bridgehead atoms. The molecule has 0 aromatic heterocycles. The Morgan fingerprint density at radius 3 is 1.31 bits per heavy atom. The van der Waals surface area contributed by atoms with Crippen LogP contribution in [0.2, 0.25) is 0 Å². The Kier molecular flexibility index (Phi) is 9.17. The number of aliphatic hydroxyl groups is 1. The minimum absolute atomic E-state index is 0.625. The van der Waals surface area contributed by atoms with Gasteiger partial charge in [-0.3, -0.25) is 0 Å². The van der Waals surface area contributed by atoms with Crippen molar-refractivity contribution in [3.8, 4) is 0 Å². The maximum absolute atomic E-state index is 9.45. The molecule has 0 aliphatic carbocycles. The second-order valence-electron chi connectivity index (χ2n) is 3.49. The number of carboxylic acid groups (broad SMARTS) is 1. The Labute approximate surface area is 80.0 Å². The van der Waals surface area contributed by atoms with Crippen LogP contribution in [0.25, 0.3) is 0 Å². The topological polar surface area (TPSA) is 69.6 Å². The van der Waals surface area contributed by atoms with Gasteiger partial charge in [0.25, 0.3) is 0 Å². The smallest absolute Gasteiger partial charge is 0.332 e. The molecule has 0 aromatic carbocycles. The first-order valence-corrected chi connectivity index (χ1v) is 4.44. The molecule has 13 heavy (non-hydrogen) atoms. The summed E-state index contributed by atoms with van der Waals surface area (Å²) in [6.45, 7) is 9.81. The molecule has 0 amide bonds. The Morgan fingerprint density at radius 1 is 1.08 bits per heavy atom. The lowest BCUT2D eigenvalue weighted by Crippen LogP contribution is -2.29. The summed E-state index contributed by atoms with van der Waals surface area (Å²) in [4.78, 5) is 9.45. The maximum Gasteiger partial charge on any atom is 0.332 e. The predicted octanol–water partition coefficient (Wildman–Crippen LogP) is 0.845. The number of hydrogen-bond acceptors (Lipinski definition) is 3. The van der Waals surface area contributed by atoms with E-state index in [1.54, 1.807) is 0 Å². The van der Waals surface area contributed by atoms with Crippen LogP contribution in [0, 0.1) is 0 Å². The van der Waals surface area contributed by atoms with Gasteiger partial charge in [-0.25, -0.2) is 4.79 Å². The zero-order chi connectivity index (χ0) is 11.0. The van der Waals surface area contributed by atoms with Crippen LogP contribution < -0.4 is 5.32 Å². The van der Waals surface area contributed by atoms with Crippen molar-refractivity contribution in [1.29, 1.82) is 0 Å². The van der Waals surface area contributed by atoms with E-state index in [4.69, 9.17) is 10.2 Å². The Hall–Kier alpha value is -0.610. The van der Waals surface area contributed by atoms with E-state index in [1.807, 2.05) is 0 Å². The fraction of sp³-hybridized carbons (Fsp3) is 0.889. The molecule has 4 nitrogen and oxygen atoms in total. The van der Waals surface area contributed by atoms with Gasteiger partial charge in [0.05, 0.1) is 0 Å². The summed E-state index contributed by atoms with van der Waals surface area (Å²) < 4.78 is 0. The normalized spacial score (nSPS) is 12.3. The molecule has 0 aliphatic heterocycles. The third-order valence-corrected chi connectivity index (χ3v) is 1.02. The molecule has 3 N–H and O–H groups in total. The molecular weight excluding hydrogens is 170 g/mol. The van der Waals surface area contributed by atoms with Crippen LogP contribution in [0.5, 0.6) is 0 Å². The minimum Gasteiger partial charge on any atom is -0.479 e. The Morgan fingerprint density at radius 2 is 1.31 bits per heavy atom. The summed E-state index contributed by atoms with van der Waals surface area (Å²) in [5.74, 6) is -1.19. The van der Waals surface area contributed by atoms with Gasteiger partial charge in [-0.2, -0.15) is 0 Å². The quantitative estimate of drug-likeness (QED) is 0.618. The minimum atomic E-state index is -1.23. The molecule has 0 aromatic rings. The van der Waals surface area contributed by atoms with E-state index in [0.717, 1.165) is 0 Å². The first-order chi connectivity index (χ1) is 5.77. The van der Waals surface area contributed by atoms with Gasteiger partial charge in [0.2, 0.25) is 0 Å². The third kappa shape index (κ3) is 18.4. The lowest BCUT2D eigenvalue weighted by Gasteiger charge is -2.10. The number of aliphatic hydroxyl groups excluding tert-OH is 1. The zero-order valence-electron chi connectivity index (χ0n) is 9.03.